The fourth-order valence-electron chi connectivity index (χ4n) is 2.64. The summed E-state index contributed by atoms with van der Waals surface area (Å²) in [6.07, 6.45) is 4.60. The number of amides is 2. The van der Waals surface area contributed by atoms with Crippen molar-refractivity contribution in [3.8, 4) is 6.01 Å². The third-order valence-corrected chi connectivity index (χ3v) is 4.12. The molecule has 3 rings (SSSR count). The van der Waals surface area contributed by atoms with Gasteiger partial charge in [0.05, 0.1) is 24.0 Å². The lowest BCUT2D eigenvalue weighted by molar-refractivity contribution is 0.0983. The number of anilines is 1. The number of hydrogen-bond donors (Lipinski definition) is 1. The van der Waals surface area contributed by atoms with E-state index in [1.807, 2.05) is 31.2 Å². The smallest absolute Gasteiger partial charge is 0.321 e. The zero-order valence-corrected chi connectivity index (χ0v) is 14.2. The third kappa shape index (κ3) is 4.14. The molecule has 1 atom stereocenters. The standard InChI is InChI=1S/C17H19ClN4O2/c1-12-5-2-3-7-15(12)21-17(23)22-8-4-6-14(11-22)24-16-19-9-13(18)10-20-16/h2-3,5,7,9-10,14H,4,6,8,11H2,1H3,(H,21,23). The molecule has 1 fully saturated rings. The van der Waals surface area contributed by atoms with Crippen LogP contribution in [0.2, 0.25) is 5.02 Å². The fourth-order valence-corrected chi connectivity index (χ4v) is 2.73. The maximum Gasteiger partial charge on any atom is 0.321 e. The van der Waals surface area contributed by atoms with E-state index in [0.29, 0.717) is 18.1 Å². The molecule has 1 saturated heterocycles. The first-order chi connectivity index (χ1) is 11.6. The van der Waals surface area contributed by atoms with E-state index in [1.165, 1.54) is 12.4 Å². The van der Waals surface area contributed by atoms with Crippen LogP contribution in [-0.2, 0) is 0 Å². The van der Waals surface area contributed by atoms with Crippen molar-refractivity contribution < 1.29 is 9.53 Å². The Labute approximate surface area is 145 Å². The van der Waals surface area contributed by atoms with Crippen LogP contribution in [0, 0.1) is 6.92 Å². The molecule has 1 aliphatic heterocycles. The molecule has 1 aliphatic rings. The highest BCUT2D eigenvalue weighted by atomic mass is 35.5. The van der Waals surface area contributed by atoms with E-state index in [2.05, 4.69) is 15.3 Å². The number of likely N-dealkylation sites (tertiary alicyclic amines) is 1. The number of piperidine rings is 1. The summed E-state index contributed by atoms with van der Waals surface area (Å²) < 4.78 is 5.76. The van der Waals surface area contributed by atoms with Gasteiger partial charge in [-0.15, -0.1) is 0 Å². The van der Waals surface area contributed by atoms with E-state index >= 15 is 0 Å². The molecule has 0 spiro atoms. The Morgan fingerprint density at radius 2 is 2.08 bits per heavy atom. The molecule has 126 valence electrons. The molecule has 0 saturated carbocycles. The van der Waals surface area contributed by atoms with Gasteiger partial charge in [0, 0.05) is 12.2 Å². The summed E-state index contributed by atoms with van der Waals surface area (Å²) in [5.74, 6) is 0. The van der Waals surface area contributed by atoms with Crippen LogP contribution in [0.3, 0.4) is 0 Å². The molecular formula is C17H19ClN4O2. The van der Waals surface area contributed by atoms with Crippen molar-refractivity contribution in [1.29, 1.82) is 0 Å². The molecule has 1 N–H and O–H groups in total. The van der Waals surface area contributed by atoms with Crippen LogP contribution in [0.25, 0.3) is 0 Å². The molecule has 1 aromatic carbocycles. The van der Waals surface area contributed by atoms with E-state index in [-0.39, 0.29) is 18.1 Å². The summed E-state index contributed by atoms with van der Waals surface area (Å²) in [6.45, 7) is 3.18. The van der Waals surface area contributed by atoms with Gasteiger partial charge in [0.1, 0.15) is 6.10 Å². The van der Waals surface area contributed by atoms with Crippen LogP contribution in [-0.4, -0.2) is 40.1 Å². The predicted octanol–water partition coefficient (Wildman–Crippen LogP) is 3.51. The molecule has 0 aliphatic carbocycles. The highest BCUT2D eigenvalue weighted by Crippen LogP contribution is 2.18. The van der Waals surface area contributed by atoms with Crippen molar-refractivity contribution in [3.63, 3.8) is 0 Å². The molecule has 2 amide bonds. The molecule has 7 heteroatoms. The zero-order chi connectivity index (χ0) is 16.9. The second kappa shape index (κ2) is 7.49. The topological polar surface area (TPSA) is 67.4 Å². The minimum absolute atomic E-state index is 0.116. The summed E-state index contributed by atoms with van der Waals surface area (Å²) in [6, 6.07) is 7.88. The van der Waals surface area contributed by atoms with Crippen LogP contribution in [0.4, 0.5) is 10.5 Å². The average molecular weight is 347 g/mol. The molecule has 0 radical (unpaired) electrons. The Kier molecular flexibility index (Phi) is 5.15. The second-order valence-corrected chi connectivity index (χ2v) is 6.19. The number of hydrogen-bond acceptors (Lipinski definition) is 4. The van der Waals surface area contributed by atoms with Crippen molar-refractivity contribution in [3.05, 3.63) is 47.2 Å². The largest absolute Gasteiger partial charge is 0.458 e. The van der Waals surface area contributed by atoms with Gasteiger partial charge in [0.15, 0.2) is 0 Å². The molecule has 1 aromatic heterocycles. The number of benzene rings is 1. The lowest BCUT2D eigenvalue weighted by Crippen LogP contribution is -2.46. The Morgan fingerprint density at radius 3 is 2.83 bits per heavy atom. The van der Waals surface area contributed by atoms with E-state index in [9.17, 15) is 4.79 Å². The first-order valence-electron chi connectivity index (χ1n) is 7.87. The van der Waals surface area contributed by atoms with Crippen LogP contribution in [0.1, 0.15) is 18.4 Å². The number of rotatable bonds is 3. The number of halogens is 1. The van der Waals surface area contributed by atoms with E-state index in [4.69, 9.17) is 16.3 Å². The summed E-state index contributed by atoms with van der Waals surface area (Å²) in [5.41, 5.74) is 1.86. The summed E-state index contributed by atoms with van der Waals surface area (Å²) in [5, 5.41) is 3.42. The molecule has 2 heterocycles. The average Bonchev–Trinajstić information content (AvgIpc) is 2.59. The highest BCUT2D eigenvalue weighted by molar-refractivity contribution is 6.30. The van der Waals surface area contributed by atoms with Gasteiger partial charge in [-0.3, -0.25) is 0 Å². The molecule has 6 nitrogen and oxygen atoms in total. The summed E-state index contributed by atoms with van der Waals surface area (Å²) in [4.78, 5) is 22.3. The third-order valence-electron chi connectivity index (χ3n) is 3.92. The lowest BCUT2D eigenvalue weighted by Gasteiger charge is -2.32. The maximum atomic E-state index is 12.5. The normalized spacial score (nSPS) is 17.4. The zero-order valence-electron chi connectivity index (χ0n) is 13.4. The van der Waals surface area contributed by atoms with Crippen LogP contribution >= 0.6 is 11.6 Å². The number of urea groups is 1. The number of aryl methyl sites for hydroxylation is 1. The number of nitrogens with zero attached hydrogens (tertiary/aromatic N) is 3. The number of nitrogens with one attached hydrogen (secondary N) is 1. The Morgan fingerprint density at radius 1 is 1.33 bits per heavy atom. The first kappa shape index (κ1) is 16.5. The highest BCUT2D eigenvalue weighted by Gasteiger charge is 2.25. The number of carbonyl (C=O) groups excluding carboxylic acids is 1. The first-order valence-corrected chi connectivity index (χ1v) is 8.25. The Hall–Kier alpha value is -2.34. The van der Waals surface area contributed by atoms with Gasteiger partial charge >= 0.3 is 12.0 Å². The fraction of sp³-hybridized carbons (Fsp3) is 0.353. The van der Waals surface area contributed by atoms with Crippen LogP contribution < -0.4 is 10.1 Å². The predicted molar refractivity (Wildman–Crippen MR) is 92.5 cm³/mol. The summed E-state index contributed by atoms with van der Waals surface area (Å²) in [7, 11) is 0. The van der Waals surface area contributed by atoms with Gasteiger partial charge in [-0.2, -0.15) is 0 Å². The minimum atomic E-state index is -0.123. The van der Waals surface area contributed by atoms with Crippen molar-refractivity contribution in [2.24, 2.45) is 0 Å². The molecule has 24 heavy (non-hydrogen) atoms. The van der Waals surface area contributed by atoms with Gasteiger partial charge < -0.3 is 15.0 Å². The SMILES string of the molecule is Cc1ccccc1NC(=O)N1CCCC(Oc2ncc(Cl)cn2)C1. The van der Waals surface area contributed by atoms with Crippen molar-refractivity contribution in [2.75, 3.05) is 18.4 Å². The van der Waals surface area contributed by atoms with E-state index < -0.39 is 0 Å². The van der Waals surface area contributed by atoms with Gasteiger partial charge in [0.25, 0.3) is 0 Å². The quantitative estimate of drug-likeness (QED) is 0.923. The van der Waals surface area contributed by atoms with Gasteiger partial charge in [-0.05, 0) is 31.4 Å². The molecular weight excluding hydrogens is 328 g/mol. The summed E-state index contributed by atoms with van der Waals surface area (Å²) >= 11 is 5.77. The van der Waals surface area contributed by atoms with Gasteiger partial charge in [-0.25, -0.2) is 14.8 Å². The van der Waals surface area contributed by atoms with Crippen LogP contribution in [0.5, 0.6) is 6.01 Å². The Bertz CT molecular complexity index is 708. The monoisotopic (exact) mass is 346 g/mol. The molecule has 0 bridgehead atoms. The van der Waals surface area contributed by atoms with Crippen molar-refractivity contribution in [1.82, 2.24) is 14.9 Å². The van der Waals surface area contributed by atoms with Crippen molar-refractivity contribution >= 4 is 23.3 Å². The van der Waals surface area contributed by atoms with E-state index in [0.717, 1.165) is 24.1 Å². The lowest BCUT2D eigenvalue weighted by atomic mass is 10.1. The Balaban J connectivity index is 1.59. The number of carbonyl (C=O) groups is 1. The molecule has 2 aromatic rings. The van der Waals surface area contributed by atoms with E-state index in [1.54, 1.807) is 4.90 Å². The number of ether oxygens (including phenoxy) is 1. The number of aromatic nitrogens is 2. The van der Waals surface area contributed by atoms with Crippen molar-refractivity contribution in [2.45, 2.75) is 25.9 Å². The van der Waals surface area contributed by atoms with Crippen LogP contribution in [0.15, 0.2) is 36.7 Å². The van der Waals surface area contributed by atoms with Gasteiger partial charge in [-0.1, -0.05) is 29.8 Å². The molecule has 1 unspecified atom stereocenters. The minimum Gasteiger partial charge on any atom is -0.458 e. The van der Waals surface area contributed by atoms with Gasteiger partial charge in [0.2, 0.25) is 0 Å². The second-order valence-electron chi connectivity index (χ2n) is 5.76. The maximum absolute atomic E-state index is 12.5. The number of para-hydroxylation sites is 1.